The van der Waals surface area contributed by atoms with E-state index >= 15 is 0 Å². The summed E-state index contributed by atoms with van der Waals surface area (Å²) >= 11 is 1.74. The lowest BCUT2D eigenvalue weighted by Crippen LogP contribution is -2.67. The van der Waals surface area contributed by atoms with E-state index in [1.807, 2.05) is 21.6 Å². The van der Waals surface area contributed by atoms with Gasteiger partial charge in [0.15, 0.2) is 23.0 Å². The molecule has 2 fully saturated rings. The Morgan fingerprint density at radius 1 is 0.811 bits per heavy atom. The number of benzene rings is 1. The smallest absolute Gasteiger partial charge is 0.435 e. The van der Waals surface area contributed by atoms with E-state index in [2.05, 4.69) is 73.3 Å². The van der Waals surface area contributed by atoms with Gasteiger partial charge in [-0.25, -0.2) is 9.56 Å². The molecule has 1 aromatic rings. The Balaban J connectivity index is 1.03. The molecule has 428 valence electrons. The second-order valence-electron chi connectivity index (χ2n) is 20.4. The minimum Gasteiger partial charge on any atom is -0.492 e. The third kappa shape index (κ3) is 19.3. The number of nitriles is 1. The SMILES string of the molecule is CCN(C(C)C)P(OCCC#N)OCC(CCCCCCSSCCCCCCN(C)CCOc1ccc2c(c1)CCC1C2CCC2(C)C(OCCCOC(C(F)(F)F)(C(F)(F)F)C(F)(F)F)CCC12)COOI. The average Bonchev–Trinajstić information content (AvgIpc) is 3.67. The standard InChI is InChI=1S/C51H80F9IN3O7PS2/c1-6-64(38(2)3)72(69-31-15-26-62)70-37-39(36-68-71-61)17-11-7-9-13-33-73-74-34-14-10-8-12-27-63(5)28-32-65-41-19-21-42-40(35-41)18-20-44-43(42)24-25-47(4)45(44)22-23-46(47)66-29-16-30-67-48(49(52,53)54,50(55,56)57)51(58,59)60/h19,21,35,38-39,43-46H,6-18,20,22-25,27-34,36-37H2,1-5H3. The number of nitrogens with zero attached hydrogens (tertiary/aromatic N) is 3. The molecule has 0 radical (unpaired) electrons. The Morgan fingerprint density at radius 3 is 2.12 bits per heavy atom. The number of alkyl halides is 9. The topological polar surface area (TPSA) is 94.9 Å². The van der Waals surface area contributed by atoms with Gasteiger partial charge < -0.3 is 28.2 Å². The summed E-state index contributed by atoms with van der Waals surface area (Å²) in [6.45, 7) is 11.3. The lowest BCUT2D eigenvalue weighted by molar-refractivity contribution is -0.457. The number of likely N-dealkylation sites (N-methyl/N-ethyl adjacent to an activating group) is 1. The summed E-state index contributed by atoms with van der Waals surface area (Å²) in [4.78, 5) is 7.60. The van der Waals surface area contributed by atoms with Gasteiger partial charge in [-0.2, -0.15) is 48.0 Å². The largest absolute Gasteiger partial charge is 0.492 e. The van der Waals surface area contributed by atoms with Crippen molar-refractivity contribution < 1.29 is 70.9 Å². The Hall–Kier alpha value is -0.580. The fraction of sp³-hybridized carbons (Fsp3) is 0.863. The summed E-state index contributed by atoms with van der Waals surface area (Å²) in [5.41, 5.74) is -3.90. The van der Waals surface area contributed by atoms with Gasteiger partial charge in [0.1, 0.15) is 12.4 Å². The van der Waals surface area contributed by atoms with Crippen molar-refractivity contribution >= 4 is 53.1 Å². The molecule has 2 saturated carbocycles. The molecule has 0 aromatic heterocycles. The van der Waals surface area contributed by atoms with Crippen molar-refractivity contribution in [2.75, 3.05) is 77.8 Å². The molecule has 0 amide bonds. The van der Waals surface area contributed by atoms with Crippen molar-refractivity contribution in [3.63, 3.8) is 0 Å². The van der Waals surface area contributed by atoms with Gasteiger partial charge in [0, 0.05) is 43.2 Å². The maximum Gasteiger partial charge on any atom is 0.435 e. The third-order valence-electron chi connectivity index (χ3n) is 15.0. The summed E-state index contributed by atoms with van der Waals surface area (Å²) in [6.07, 6.45) is -5.18. The summed E-state index contributed by atoms with van der Waals surface area (Å²) in [6, 6.07) is 8.82. The first-order chi connectivity index (χ1) is 35.1. The van der Waals surface area contributed by atoms with E-state index in [0.29, 0.717) is 57.0 Å². The summed E-state index contributed by atoms with van der Waals surface area (Å²) in [5.74, 6) is 4.44. The highest BCUT2D eigenvalue weighted by Gasteiger charge is 2.85. The molecule has 74 heavy (non-hydrogen) atoms. The van der Waals surface area contributed by atoms with Gasteiger partial charge in [0.25, 0.3) is 8.53 Å². The first-order valence-electron chi connectivity index (χ1n) is 26.4. The van der Waals surface area contributed by atoms with E-state index in [9.17, 15) is 39.5 Å². The zero-order valence-electron chi connectivity index (χ0n) is 43.7. The van der Waals surface area contributed by atoms with Crippen LogP contribution in [0.25, 0.3) is 0 Å². The van der Waals surface area contributed by atoms with Crippen molar-refractivity contribution in [1.82, 2.24) is 9.57 Å². The second-order valence-corrected chi connectivity index (χ2v) is 25.0. The fourth-order valence-electron chi connectivity index (χ4n) is 11.0. The molecule has 0 aliphatic heterocycles. The molecular formula is C51H80F9IN3O7PS2. The van der Waals surface area contributed by atoms with Crippen molar-refractivity contribution in [3.05, 3.63) is 29.3 Å². The maximum absolute atomic E-state index is 13.3. The molecule has 0 N–H and O–H groups in total. The van der Waals surface area contributed by atoms with Crippen LogP contribution in [0.2, 0.25) is 0 Å². The highest BCUT2D eigenvalue weighted by atomic mass is 127. The molecule has 23 heteroatoms. The molecule has 0 heterocycles. The number of halogens is 10. The molecule has 0 saturated heterocycles. The second kappa shape index (κ2) is 32.6. The number of aryl methyl sites for hydroxylation is 1. The van der Waals surface area contributed by atoms with Crippen molar-refractivity contribution in [2.24, 2.45) is 23.2 Å². The van der Waals surface area contributed by atoms with Crippen LogP contribution in [-0.4, -0.2) is 124 Å². The first kappa shape index (κ1) is 65.9. The van der Waals surface area contributed by atoms with Gasteiger partial charge in [-0.15, -0.1) is 0 Å². The molecule has 4 rings (SSSR count). The van der Waals surface area contributed by atoms with Crippen LogP contribution in [0.5, 0.6) is 5.75 Å². The number of ether oxygens (including phenoxy) is 3. The van der Waals surface area contributed by atoms with Crippen molar-refractivity contribution in [3.8, 4) is 11.8 Å². The lowest BCUT2D eigenvalue weighted by atomic mass is 9.55. The highest BCUT2D eigenvalue weighted by molar-refractivity contribution is 14.1. The zero-order chi connectivity index (χ0) is 54.4. The van der Waals surface area contributed by atoms with Gasteiger partial charge in [-0.1, -0.05) is 73.6 Å². The minimum atomic E-state index is -6.74. The van der Waals surface area contributed by atoms with E-state index < -0.39 is 45.7 Å². The summed E-state index contributed by atoms with van der Waals surface area (Å²) < 4.78 is 154. The molecular weight excluding hydrogens is 1160 g/mol. The van der Waals surface area contributed by atoms with E-state index in [0.717, 1.165) is 82.5 Å². The molecule has 1 aromatic carbocycles. The number of unbranched alkanes of at least 4 members (excludes halogenated alkanes) is 6. The number of rotatable bonds is 37. The van der Waals surface area contributed by atoms with Crippen molar-refractivity contribution in [2.45, 2.75) is 179 Å². The normalized spacial score (nSPS) is 22.2. The molecule has 0 bridgehead atoms. The van der Waals surface area contributed by atoms with E-state index in [-0.39, 0.29) is 30.1 Å². The molecule has 10 nitrogen and oxygen atoms in total. The maximum atomic E-state index is 13.3. The first-order valence-corrected chi connectivity index (χ1v) is 30.9. The van der Waals surface area contributed by atoms with Crippen LogP contribution in [0.3, 0.4) is 0 Å². The number of hydrogen-bond donors (Lipinski definition) is 0. The predicted molar refractivity (Wildman–Crippen MR) is 283 cm³/mol. The molecule has 7 unspecified atom stereocenters. The van der Waals surface area contributed by atoms with Crippen LogP contribution in [0.1, 0.15) is 147 Å². The minimum absolute atomic E-state index is 0.197. The van der Waals surface area contributed by atoms with Gasteiger partial charge >= 0.3 is 24.1 Å². The van der Waals surface area contributed by atoms with Crippen LogP contribution in [0.4, 0.5) is 39.5 Å². The van der Waals surface area contributed by atoms with E-state index in [1.165, 1.54) is 55.4 Å². The van der Waals surface area contributed by atoms with Crippen LogP contribution in [0.15, 0.2) is 18.2 Å². The van der Waals surface area contributed by atoms with E-state index in [1.54, 1.807) is 23.0 Å². The third-order valence-corrected chi connectivity index (χ3v) is 19.8. The Bertz CT molecular complexity index is 1760. The Labute approximate surface area is 457 Å². The Kier molecular flexibility index (Phi) is 29.1. The lowest BCUT2D eigenvalue weighted by Gasteiger charge is -2.50. The predicted octanol–water partition coefficient (Wildman–Crippen LogP) is 15.8. The van der Waals surface area contributed by atoms with Gasteiger partial charge in [0.2, 0.25) is 0 Å². The molecule has 0 spiro atoms. The van der Waals surface area contributed by atoms with Crippen molar-refractivity contribution in [1.29, 1.82) is 5.26 Å². The zero-order valence-corrected chi connectivity index (χ0v) is 48.4. The van der Waals surface area contributed by atoms with Crippen LogP contribution in [0, 0.1) is 34.5 Å². The van der Waals surface area contributed by atoms with E-state index in [4.69, 9.17) is 31.9 Å². The summed E-state index contributed by atoms with van der Waals surface area (Å²) in [7, 11) is 4.85. The monoisotopic (exact) mass is 1240 g/mol. The number of fused-ring (bicyclic) bond motifs is 5. The molecule has 7 atom stereocenters. The number of hydrogen-bond acceptors (Lipinski definition) is 12. The Morgan fingerprint density at radius 2 is 1.49 bits per heavy atom. The van der Waals surface area contributed by atoms with Crippen LogP contribution < -0.4 is 4.74 Å². The fourth-order valence-corrected chi connectivity index (χ4v) is 15.0. The van der Waals surface area contributed by atoms with Gasteiger partial charge in [-0.05, 0) is 144 Å². The van der Waals surface area contributed by atoms with Gasteiger partial charge in [0.05, 0.1) is 45.0 Å². The highest BCUT2D eigenvalue weighted by Crippen LogP contribution is 2.62. The summed E-state index contributed by atoms with van der Waals surface area (Å²) in [5, 5.41) is 8.95. The quantitative estimate of drug-likeness (QED) is 0.0121. The molecule has 3 aliphatic rings. The van der Waals surface area contributed by atoms with Gasteiger partial charge in [-0.3, -0.25) is 0 Å². The average molecular weight is 1240 g/mol. The molecule has 3 aliphatic carbocycles. The van der Waals surface area contributed by atoms with Crippen LogP contribution >= 0.6 is 53.1 Å². The van der Waals surface area contributed by atoms with Crippen LogP contribution in [-0.2, 0) is 33.0 Å².